The molecule has 0 atom stereocenters. The van der Waals surface area contributed by atoms with E-state index in [0.29, 0.717) is 24.7 Å². The predicted molar refractivity (Wildman–Crippen MR) is 74.1 cm³/mol. The van der Waals surface area contributed by atoms with Crippen LogP contribution in [0.15, 0.2) is 36.8 Å². The molecule has 2 aromatic rings. The fourth-order valence-electron chi connectivity index (χ4n) is 2.31. The van der Waals surface area contributed by atoms with E-state index in [0.717, 1.165) is 5.69 Å². The molecule has 0 aliphatic heterocycles. The number of imidazole rings is 1. The largest absolute Gasteiger partial charge is 0.330 e. The average Bonchev–Trinajstić information content (AvgIpc) is 3.19. The first-order valence-corrected chi connectivity index (χ1v) is 6.69. The molecule has 0 bridgehead atoms. The molecule has 0 spiro atoms. The van der Waals surface area contributed by atoms with E-state index in [4.69, 9.17) is 0 Å². The van der Waals surface area contributed by atoms with E-state index in [1.807, 2.05) is 18.6 Å². The Labute approximate surface area is 116 Å². The quantitative estimate of drug-likeness (QED) is 0.647. The monoisotopic (exact) mass is 272 g/mol. The number of benzene rings is 1. The molecule has 3 rings (SSSR count). The van der Waals surface area contributed by atoms with E-state index >= 15 is 0 Å². The molecule has 0 radical (unpaired) electrons. The summed E-state index contributed by atoms with van der Waals surface area (Å²) >= 11 is 0. The molecule has 6 nitrogen and oxygen atoms in total. The molecule has 0 unspecified atom stereocenters. The fourth-order valence-corrected chi connectivity index (χ4v) is 2.31. The molecule has 1 saturated carbocycles. The number of hydrogen-bond acceptors (Lipinski definition) is 4. The molecule has 1 aromatic carbocycles. The molecule has 1 aromatic heterocycles. The van der Waals surface area contributed by atoms with Gasteiger partial charge in [0.2, 0.25) is 0 Å². The third kappa shape index (κ3) is 2.70. The van der Waals surface area contributed by atoms with Crippen LogP contribution < -0.4 is 5.32 Å². The summed E-state index contributed by atoms with van der Waals surface area (Å²) in [4.78, 5) is 14.8. The van der Waals surface area contributed by atoms with E-state index in [-0.39, 0.29) is 10.6 Å². The minimum Gasteiger partial charge on any atom is -0.330 e. The minimum absolute atomic E-state index is 0.163. The van der Waals surface area contributed by atoms with Crippen LogP contribution >= 0.6 is 0 Å². The summed E-state index contributed by atoms with van der Waals surface area (Å²) < 4.78 is 2.19. The van der Waals surface area contributed by atoms with Crippen LogP contribution in [0.3, 0.4) is 0 Å². The minimum atomic E-state index is -0.342. The van der Waals surface area contributed by atoms with Crippen molar-refractivity contribution in [2.45, 2.75) is 32.0 Å². The van der Waals surface area contributed by atoms with Gasteiger partial charge in [-0.25, -0.2) is 4.98 Å². The van der Waals surface area contributed by atoms with E-state index in [1.165, 1.54) is 18.9 Å². The number of nitro benzene ring substituents is 1. The van der Waals surface area contributed by atoms with Gasteiger partial charge < -0.3 is 9.88 Å². The number of rotatable bonds is 6. The van der Waals surface area contributed by atoms with Crippen LogP contribution in [0, 0.1) is 10.1 Å². The highest BCUT2D eigenvalue weighted by Crippen LogP contribution is 2.35. The lowest BCUT2D eigenvalue weighted by atomic mass is 10.2. The van der Waals surface area contributed by atoms with Crippen molar-refractivity contribution >= 4 is 5.69 Å². The standard InChI is InChI=1S/C14H16N4O2/c19-18(20)14-4-2-1-3-11(14)7-15-8-13-9-16-10-17(13)12-5-6-12/h1-4,9-10,12,15H,5-8H2. The smallest absolute Gasteiger partial charge is 0.273 e. The Hall–Kier alpha value is -2.21. The molecule has 1 aliphatic rings. The first-order chi connectivity index (χ1) is 9.75. The van der Waals surface area contributed by atoms with Gasteiger partial charge >= 0.3 is 0 Å². The lowest BCUT2D eigenvalue weighted by molar-refractivity contribution is -0.385. The normalized spacial score (nSPS) is 14.4. The average molecular weight is 272 g/mol. The maximum Gasteiger partial charge on any atom is 0.273 e. The maximum absolute atomic E-state index is 10.9. The molecule has 0 amide bonds. The second-order valence-corrected chi connectivity index (χ2v) is 5.01. The number of nitro groups is 1. The van der Waals surface area contributed by atoms with Crippen molar-refractivity contribution in [1.82, 2.24) is 14.9 Å². The third-order valence-corrected chi connectivity index (χ3v) is 3.50. The lowest BCUT2D eigenvalue weighted by Gasteiger charge is -2.08. The van der Waals surface area contributed by atoms with Gasteiger partial charge in [0.05, 0.1) is 16.9 Å². The molecular weight excluding hydrogens is 256 g/mol. The van der Waals surface area contributed by atoms with Crippen LogP contribution in [-0.4, -0.2) is 14.5 Å². The topological polar surface area (TPSA) is 73.0 Å². The summed E-state index contributed by atoms with van der Waals surface area (Å²) in [6, 6.07) is 7.41. The summed E-state index contributed by atoms with van der Waals surface area (Å²) in [6.07, 6.45) is 6.14. The molecule has 6 heteroatoms. The van der Waals surface area contributed by atoms with Crippen LogP contribution in [0.25, 0.3) is 0 Å². The van der Waals surface area contributed by atoms with Crippen LogP contribution in [0.1, 0.15) is 30.1 Å². The molecule has 1 N–H and O–H groups in total. The van der Waals surface area contributed by atoms with Crippen LogP contribution in [0.5, 0.6) is 0 Å². The Balaban J connectivity index is 1.62. The number of nitrogens with one attached hydrogen (secondary N) is 1. The zero-order chi connectivity index (χ0) is 13.9. The Morgan fingerprint density at radius 3 is 2.90 bits per heavy atom. The summed E-state index contributed by atoms with van der Waals surface area (Å²) in [6.45, 7) is 1.15. The highest BCUT2D eigenvalue weighted by atomic mass is 16.6. The first-order valence-electron chi connectivity index (χ1n) is 6.69. The van der Waals surface area contributed by atoms with Gasteiger partial charge in [-0.05, 0) is 12.8 Å². The van der Waals surface area contributed by atoms with E-state index in [1.54, 1.807) is 12.1 Å². The third-order valence-electron chi connectivity index (χ3n) is 3.50. The van der Waals surface area contributed by atoms with Crippen LogP contribution in [-0.2, 0) is 13.1 Å². The molecule has 1 aliphatic carbocycles. The van der Waals surface area contributed by atoms with Gasteiger partial charge in [-0.3, -0.25) is 10.1 Å². The van der Waals surface area contributed by atoms with E-state index in [9.17, 15) is 10.1 Å². The number of nitrogens with zero attached hydrogens (tertiary/aromatic N) is 3. The Morgan fingerprint density at radius 2 is 2.15 bits per heavy atom. The number of hydrogen-bond donors (Lipinski definition) is 1. The maximum atomic E-state index is 10.9. The highest BCUT2D eigenvalue weighted by molar-refractivity contribution is 5.39. The van der Waals surface area contributed by atoms with Crippen molar-refractivity contribution in [2.24, 2.45) is 0 Å². The summed E-state index contributed by atoms with van der Waals surface area (Å²) in [5.74, 6) is 0. The fraction of sp³-hybridized carbons (Fsp3) is 0.357. The summed E-state index contributed by atoms with van der Waals surface area (Å²) in [5.41, 5.74) is 2.00. The lowest BCUT2D eigenvalue weighted by Crippen LogP contribution is -2.16. The van der Waals surface area contributed by atoms with Gasteiger partial charge in [0, 0.05) is 37.0 Å². The molecule has 20 heavy (non-hydrogen) atoms. The SMILES string of the molecule is O=[N+]([O-])c1ccccc1CNCc1cncn1C1CC1. The molecule has 104 valence electrons. The number of aromatic nitrogens is 2. The zero-order valence-corrected chi connectivity index (χ0v) is 11.0. The van der Waals surface area contributed by atoms with Gasteiger partial charge in [-0.2, -0.15) is 0 Å². The van der Waals surface area contributed by atoms with E-state index < -0.39 is 0 Å². The molecule has 1 fully saturated rings. The Bertz CT molecular complexity index is 619. The highest BCUT2D eigenvalue weighted by Gasteiger charge is 2.24. The van der Waals surface area contributed by atoms with Gasteiger partial charge in [-0.15, -0.1) is 0 Å². The van der Waals surface area contributed by atoms with Crippen molar-refractivity contribution in [1.29, 1.82) is 0 Å². The van der Waals surface area contributed by atoms with Gasteiger partial charge in [0.25, 0.3) is 5.69 Å². The van der Waals surface area contributed by atoms with Crippen LogP contribution in [0.4, 0.5) is 5.69 Å². The Morgan fingerprint density at radius 1 is 1.35 bits per heavy atom. The molecule has 0 saturated heterocycles. The van der Waals surface area contributed by atoms with Crippen LogP contribution in [0.2, 0.25) is 0 Å². The van der Waals surface area contributed by atoms with Crippen molar-refractivity contribution in [2.75, 3.05) is 0 Å². The number of para-hydroxylation sites is 1. The van der Waals surface area contributed by atoms with Crippen molar-refractivity contribution in [3.05, 3.63) is 58.2 Å². The van der Waals surface area contributed by atoms with Crippen molar-refractivity contribution in [3.8, 4) is 0 Å². The van der Waals surface area contributed by atoms with Crippen molar-refractivity contribution < 1.29 is 4.92 Å². The second-order valence-electron chi connectivity index (χ2n) is 5.01. The second kappa shape index (κ2) is 5.42. The van der Waals surface area contributed by atoms with E-state index in [2.05, 4.69) is 14.9 Å². The van der Waals surface area contributed by atoms with Gasteiger partial charge in [-0.1, -0.05) is 18.2 Å². The molecule has 1 heterocycles. The first kappa shape index (κ1) is 12.8. The summed E-state index contributed by atoms with van der Waals surface area (Å²) in [5, 5.41) is 14.2. The van der Waals surface area contributed by atoms with Gasteiger partial charge in [0.1, 0.15) is 0 Å². The van der Waals surface area contributed by atoms with Gasteiger partial charge in [0.15, 0.2) is 0 Å². The predicted octanol–water partition coefficient (Wildman–Crippen LogP) is 2.42. The summed E-state index contributed by atoms with van der Waals surface area (Å²) in [7, 11) is 0. The molecular formula is C14H16N4O2. The zero-order valence-electron chi connectivity index (χ0n) is 11.0. The Kier molecular flexibility index (Phi) is 3.47. The van der Waals surface area contributed by atoms with Crippen molar-refractivity contribution in [3.63, 3.8) is 0 Å².